The summed E-state index contributed by atoms with van der Waals surface area (Å²) in [5.74, 6) is 1.54. The lowest BCUT2D eigenvalue weighted by atomic mass is 10.1. The summed E-state index contributed by atoms with van der Waals surface area (Å²) >= 11 is 0. The van der Waals surface area contributed by atoms with Crippen molar-refractivity contribution in [1.82, 2.24) is 14.8 Å². The summed E-state index contributed by atoms with van der Waals surface area (Å²) in [6, 6.07) is 8.67. The molecule has 0 aliphatic carbocycles. The number of rotatable bonds is 7. The molecule has 0 fully saturated rings. The van der Waals surface area contributed by atoms with Crippen LogP contribution in [0, 0.1) is 0 Å². The van der Waals surface area contributed by atoms with Crippen molar-refractivity contribution in [3.05, 3.63) is 48.4 Å². The van der Waals surface area contributed by atoms with Gasteiger partial charge in [-0.05, 0) is 32.0 Å². The van der Waals surface area contributed by atoms with E-state index in [4.69, 9.17) is 23.6 Å². The first-order valence-electron chi connectivity index (χ1n) is 10.00. The Kier molecular flexibility index (Phi) is 5.72. The first-order valence-corrected chi connectivity index (χ1v) is 10.00. The van der Waals surface area contributed by atoms with Gasteiger partial charge in [0.15, 0.2) is 22.9 Å². The van der Waals surface area contributed by atoms with Gasteiger partial charge in [-0.1, -0.05) is 0 Å². The molecule has 4 aromatic rings. The molecule has 3 heterocycles. The Bertz CT molecular complexity index is 1240. The number of carbonyl (C=O) groups is 1. The Morgan fingerprint density at radius 2 is 1.81 bits per heavy atom. The van der Waals surface area contributed by atoms with E-state index in [9.17, 15) is 4.79 Å². The van der Waals surface area contributed by atoms with Crippen molar-refractivity contribution in [3.63, 3.8) is 0 Å². The number of anilines is 1. The minimum Gasteiger partial charge on any atom is -0.493 e. The molecule has 0 radical (unpaired) electrons. The molecule has 0 saturated carbocycles. The number of benzene rings is 1. The third-order valence-electron chi connectivity index (χ3n) is 5.00. The second-order valence-corrected chi connectivity index (χ2v) is 7.32. The monoisotopic (exact) mass is 436 g/mol. The van der Waals surface area contributed by atoms with Gasteiger partial charge in [-0.25, -0.2) is 9.67 Å². The zero-order valence-corrected chi connectivity index (χ0v) is 18.5. The number of hydrogen-bond donors (Lipinski definition) is 1. The van der Waals surface area contributed by atoms with Crippen LogP contribution < -0.4 is 19.5 Å². The van der Waals surface area contributed by atoms with Crippen LogP contribution in [0.15, 0.2) is 47.2 Å². The van der Waals surface area contributed by atoms with E-state index in [-0.39, 0.29) is 11.9 Å². The number of nitrogens with one attached hydrogen (secondary N) is 1. The van der Waals surface area contributed by atoms with Crippen molar-refractivity contribution in [2.45, 2.75) is 19.9 Å². The molecule has 166 valence electrons. The first-order chi connectivity index (χ1) is 15.5. The molecule has 0 unspecified atom stereocenters. The zero-order valence-electron chi connectivity index (χ0n) is 18.5. The summed E-state index contributed by atoms with van der Waals surface area (Å²) in [5, 5.41) is 7.98. The van der Waals surface area contributed by atoms with Crippen LogP contribution in [0.3, 0.4) is 0 Å². The number of nitrogens with zero attached hydrogens (tertiary/aromatic N) is 3. The average Bonchev–Trinajstić information content (AvgIpc) is 3.47. The smallest absolute Gasteiger partial charge is 0.256 e. The van der Waals surface area contributed by atoms with Gasteiger partial charge in [0.1, 0.15) is 5.69 Å². The van der Waals surface area contributed by atoms with Gasteiger partial charge in [-0.2, -0.15) is 5.10 Å². The molecule has 1 N–H and O–H groups in total. The Morgan fingerprint density at radius 1 is 1.09 bits per heavy atom. The maximum Gasteiger partial charge on any atom is 0.256 e. The SMILES string of the molecule is COc1cc(NC(=O)c2cc(-c3ccco3)nc3c2cnn3C(C)C)cc(OC)c1OC. The maximum atomic E-state index is 13.4. The molecule has 1 aromatic carbocycles. The highest BCUT2D eigenvalue weighted by Crippen LogP contribution is 2.40. The van der Waals surface area contributed by atoms with Gasteiger partial charge >= 0.3 is 0 Å². The minimum atomic E-state index is -0.331. The van der Waals surface area contributed by atoms with Crippen LogP contribution in [0.1, 0.15) is 30.2 Å². The number of pyridine rings is 1. The van der Waals surface area contributed by atoms with Crippen LogP contribution in [-0.4, -0.2) is 42.0 Å². The number of ether oxygens (including phenoxy) is 3. The molecule has 0 aliphatic rings. The van der Waals surface area contributed by atoms with Crippen molar-refractivity contribution in [1.29, 1.82) is 0 Å². The first kappa shape index (κ1) is 21.2. The number of hydrogen-bond acceptors (Lipinski definition) is 7. The highest BCUT2D eigenvalue weighted by Gasteiger charge is 2.21. The van der Waals surface area contributed by atoms with Gasteiger partial charge < -0.3 is 23.9 Å². The van der Waals surface area contributed by atoms with Crippen molar-refractivity contribution in [2.24, 2.45) is 0 Å². The molecule has 0 saturated heterocycles. The molecular weight excluding hydrogens is 412 g/mol. The maximum absolute atomic E-state index is 13.4. The number of furan rings is 1. The lowest BCUT2D eigenvalue weighted by Gasteiger charge is -2.15. The summed E-state index contributed by atoms with van der Waals surface area (Å²) in [5.41, 5.74) is 2.05. The quantitative estimate of drug-likeness (QED) is 0.453. The van der Waals surface area contributed by atoms with E-state index in [1.54, 1.807) is 47.5 Å². The topological polar surface area (TPSA) is 101 Å². The predicted octanol–water partition coefficient (Wildman–Crippen LogP) is 4.55. The van der Waals surface area contributed by atoms with Gasteiger partial charge in [0.2, 0.25) is 5.75 Å². The Balaban J connectivity index is 1.80. The van der Waals surface area contributed by atoms with Crippen LogP contribution in [0.2, 0.25) is 0 Å². The normalized spacial score (nSPS) is 11.1. The fraction of sp³-hybridized carbons (Fsp3) is 0.261. The summed E-state index contributed by atoms with van der Waals surface area (Å²) in [4.78, 5) is 18.1. The van der Waals surface area contributed by atoms with Gasteiger partial charge in [-0.15, -0.1) is 0 Å². The number of carbonyl (C=O) groups excluding carboxylic acids is 1. The fourth-order valence-corrected chi connectivity index (χ4v) is 3.49. The van der Waals surface area contributed by atoms with Gasteiger partial charge in [-0.3, -0.25) is 4.79 Å². The number of amides is 1. The molecule has 32 heavy (non-hydrogen) atoms. The van der Waals surface area contributed by atoms with Crippen molar-refractivity contribution in [3.8, 4) is 28.7 Å². The third kappa shape index (κ3) is 3.73. The second kappa shape index (κ2) is 8.62. The largest absolute Gasteiger partial charge is 0.493 e. The standard InChI is InChI=1S/C23H24N4O5/c1-13(2)27-22-16(12-24-27)15(11-17(26-22)18-7-6-8-32-18)23(28)25-14-9-19(29-3)21(31-5)20(10-14)30-4/h6-13H,1-5H3,(H,25,28). The van der Waals surface area contributed by atoms with E-state index in [1.165, 1.54) is 21.3 Å². The van der Waals surface area contributed by atoms with Gasteiger partial charge in [0.05, 0.1) is 44.7 Å². The molecule has 0 spiro atoms. The van der Waals surface area contributed by atoms with Gasteiger partial charge in [0, 0.05) is 23.9 Å². The summed E-state index contributed by atoms with van der Waals surface area (Å²) in [6.45, 7) is 4.01. The Morgan fingerprint density at radius 3 is 2.38 bits per heavy atom. The lowest BCUT2D eigenvalue weighted by molar-refractivity contribution is 0.102. The van der Waals surface area contributed by atoms with Gasteiger partial charge in [0.25, 0.3) is 5.91 Å². The molecule has 0 bridgehead atoms. The van der Waals surface area contributed by atoms with E-state index in [2.05, 4.69) is 10.4 Å². The molecular formula is C23H24N4O5. The fourth-order valence-electron chi connectivity index (χ4n) is 3.49. The van der Waals surface area contributed by atoms with Crippen LogP contribution in [-0.2, 0) is 0 Å². The van der Waals surface area contributed by atoms with E-state index in [1.807, 2.05) is 13.8 Å². The van der Waals surface area contributed by atoms with Crippen LogP contribution in [0.5, 0.6) is 17.2 Å². The van der Waals surface area contributed by atoms with Crippen LogP contribution in [0.4, 0.5) is 5.69 Å². The van der Waals surface area contributed by atoms with E-state index in [0.29, 0.717) is 51.0 Å². The predicted molar refractivity (Wildman–Crippen MR) is 120 cm³/mol. The molecule has 9 nitrogen and oxygen atoms in total. The third-order valence-corrected chi connectivity index (χ3v) is 5.00. The average molecular weight is 436 g/mol. The zero-order chi connectivity index (χ0) is 22.8. The Hall–Kier alpha value is -4.01. The molecule has 9 heteroatoms. The highest BCUT2D eigenvalue weighted by atomic mass is 16.5. The lowest BCUT2D eigenvalue weighted by Crippen LogP contribution is -2.14. The summed E-state index contributed by atoms with van der Waals surface area (Å²) in [7, 11) is 4.56. The molecule has 1 amide bonds. The second-order valence-electron chi connectivity index (χ2n) is 7.32. The Labute approximate surface area is 184 Å². The van der Waals surface area contributed by atoms with E-state index < -0.39 is 0 Å². The summed E-state index contributed by atoms with van der Waals surface area (Å²) in [6.07, 6.45) is 3.22. The number of fused-ring (bicyclic) bond motifs is 1. The van der Waals surface area contributed by atoms with E-state index >= 15 is 0 Å². The minimum absolute atomic E-state index is 0.0675. The van der Waals surface area contributed by atoms with Crippen molar-refractivity contribution in [2.75, 3.05) is 26.6 Å². The van der Waals surface area contributed by atoms with E-state index in [0.717, 1.165) is 0 Å². The summed E-state index contributed by atoms with van der Waals surface area (Å²) < 4.78 is 23.4. The molecule has 4 rings (SSSR count). The van der Waals surface area contributed by atoms with Crippen LogP contribution in [0.25, 0.3) is 22.5 Å². The number of methoxy groups -OCH3 is 3. The van der Waals surface area contributed by atoms with Crippen molar-refractivity contribution >= 4 is 22.6 Å². The van der Waals surface area contributed by atoms with Crippen LogP contribution >= 0.6 is 0 Å². The molecule has 3 aromatic heterocycles. The molecule has 0 atom stereocenters. The number of aromatic nitrogens is 3. The van der Waals surface area contributed by atoms with Crippen molar-refractivity contribution < 1.29 is 23.4 Å². The highest BCUT2D eigenvalue weighted by molar-refractivity contribution is 6.12. The molecule has 0 aliphatic heterocycles.